The van der Waals surface area contributed by atoms with Gasteiger partial charge in [-0.3, -0.25) is 5.32 Å². The van der Waals surface area contributed by atoms with Gasteiger partial charge < -0.3 is 15.3 Å². The number of amides is 3. The Hall–Kier alpha value is -2.86. The Balaban J connectivity index is 1.50. The zero-order valence-corrected chi connectivity index (χ0v) is 14.2. The topological polar surface area (TPSA) is 118 Å². The molecule has 0 bridgehead atoms. The van der Waals surface area contributed by atoms with Crippen molar-refractivity contribution in [2.24, 2.45) is 5.92 Å². The van der Waals surface area contributed by atoms with Gasteiger partial charge in [0.25, 0.3) is 0 Å². The quantitative estimate of drug-likeness (QED) is 0.778. The average Bonchev–Trinajstić information content (AvgIpc) is 3.01. The molecule has 0 radical (unpaired) electrons. The van der Waals surface area contributed by atoms with Crippen molar-refractivity contribution in [3.05, 3.63) is 23.8 Å². The minimum absolute atomic E-state index is 0.273. The number of piperidine rings is 1. The number of hydrogen-bond donors (Lipinski definition) is 3. The highest BCUT2D eigenvalue weighted by atomic mass is 32.1. The normalized spacial score (nSPS) is 14.9. The molecule has 2 aromatic rings. The molecule has 0 unspecified atom stereocenters. The van der Waals surface area contributed by atoms with Gasteiger partial charge >= 0.3 is 12.1 Å². The monoisotopic (exact) mass is 359 g/mol. The maximum absolute atomic E-state index is 12.0. The van der Waals surface area contributed by atoms with Gasteiger partial charge in [-0.2, -0.15) is 5.26 Å². The highest BCUT2D eigenvalue weighted by molar-refractivity contribution is 7.22. The summed E-state index contributed by atoms with van der Waals surface area (Å²) in [6.07, 6.45) is 0.592. The molecule has 1 saturated heterocycles. The van der Waals surface area contributed by atoms with E-state index in [2.05, 4.69) is 21.7 Å². The van der Waals surface area contributed by atoms with Crippen LogP contribution < -0.4 is 10.6 Å². The smallest absolute Gasteiger partial charge is 0.407 e. The number of fused-ring (bicyclic) bond motifs is 1. The molecule has 9 heteroatoms. The second-order valence-corrected chi connectivity index (χ2v) is 6.89. The molecular formula is C16H17N5O3S. The maximum atomic E-state index is 12.0. The standard InChI is InChI=1S/C16H17N5O3S/c17-8-11-1-2-12-13(7-11)25-15(19-12)20-14(22)18-9-10-3-5-21(6-4-10)16(23)24/h1-2,7,10H,3-6,9H2,(H,23,24)(H2,18,19,20,22). The molecule has 1 aliphatic heterocycles. The maximum Gasteiger partial charge on any atom is 0.407 e. The van der Waals surface area contributed by atoms with Crippen molar-refractivity contribution in [2.75, 3.05) is 25.0 Å². The third-order valence-electron chi connectivity index (χ3n) is 4.17. The van der Waals surface area contributed by atoms with Crippen LogP contribution in [0.25, 0.3) is 10.2 Å². The summed E-state index contributed by atoms with van der Waals surface area (Å²) in [5.41, 5.74) is 1.29. The number of nitrogens with zero attached hydrogens (tertiary/aromatic N) is 3. The van der Waals surface area contributed by atoms with Crippen LogP contribution in [0.1, 0.15) is 18.4 Å². The summed E-state index contributed by atoms with van der Waals surface area (Å²) < 4.78 is 0.843. The summed E-state index contributed by atoms with van der Waals surface area (Å²) >= 11 is 1.31. The van der Waals surface area contributed by atoms with Gasteiger partial charge in [-0.25, -0.2) is 14.6 Å². The fraction of sp³-hybridized carbons (Fsp3) is 0.375. The Morgan fingerprint density at radius 3 is 2.84 bits per heavy atom. The lowest BCUT2D eigenvalue weighted by atomic mass is 9.97. The number of anilines is 1. The molecule has 130 valence electrons. The van der Waals surface area contributed by atoms with Gasteiger partial charge in [0.1, 0.15) is 0 Å². The number of carbonyl (C=O) groups excluding carboxylic acids is 1. The number of benzene rings is 1. The van der Waals surface area contributed by atoms with Crippen molar-refractivity contribution in [3.8, 4) is 6.07 Å². The number of aromatic nitrogens is 1. The predicted molar refractivity (Wildman–Crippen MR) is 93.7 cm³/mol. The van der Waals surface area contributed by atoms with Crippen molar-refractivity contribution in [3.63, 3.8) is 0 Å². The number of thiazole rings is 1. The SMILES string of the molecule is N#Cc1ccc2nc(NC(=O)NCC3CCN(C(=O)O)CC3)sc2c1. The Labute approximate surface area is 148 Å². The Bertz CT molecular complexity index is 836. The van der Waals surface area contributed by atoms with Crippen LogP contribution in [0.3, 0.4) is 0 Å². The summed E-state index contributed by atoms with van der Waals surface area (Å²) in [5, 5.41) is 23.8. The summed E-state index contributed by atoms with van der Waals surface area (Å²) in [7, 11) is 0. The van der Waals surface area contributed by atoms with Gasteiger partial charge in [-0.1, -0.05) is 11.3 Å². The number of rotatable bonds is 3. The van der Waals surface area contributed by atoms with Crippen LogP contribution in [-0.2, 0) is 0 Å². The van der Waals surface area contributed by atoms with Gasteiger partial charge in [-0.05, 0) is 37.0 Å². The molecule has 0 atom stereocenters. The van der Waals surface area contributed by atoms with Gasteiger partial charge in [0.05, 0.1) is 21.8 Å². The minimum atomic E-state index is -0.889. The molecule has 1 aromatic carbocycles. The molecule has 8 nitrogen and oxygen atoms in total. The van der Waals surface area contributed by atoms with E-state index < -0.39 is 6.09 Å². The van der Waals surface area contributed by atoms with E-state index in [0.29, 0.717) is 30.3 Å². The van der Waals surface area contributed by atoms with Crippen LogP contribution >= 0.6 is 11.3 Å². The zero-order valence-electron chi connectivity index (χ0n) is 13.4. The number of urea groups is 1. The largest absolute Gasteiger partial charge is 0.465 e. The number of nitriles is 1. The molecule has 0 saturated carbocycles. The first-order valence-electron chi connectivity index (χ1n) is 7.88. The zero-order chi connectivity index (χ0) is 17.8. The van der Waals surface area contributed by atoms with Crippen LogP contribution in [0, 0.1) is 17.2 Å². The molecule has 0 spiro atoms. The second kappa shape index (κ2) is 7.36. The van der Waals surface area contributed by atoms with Gasteiger partial charge in [0.15, 0.2) is 5.13 Å². The third-order valence-corrected chi connectivity index (χ3v) is 5.11. The van der Waals surface area contributed by atoms with Crippen LogP contribution in [0.4, 0.5) is 14.7 Å². The van der Waals surface area contributed by atoms with E-state index in [1.807, 2.05) is 0 Å². The Kier molecular flexibility index (Phi) is 5.00. The number of likely N-dealkylation sites (tertiary alicyclic amines) is 1. The molecule has 1 aliphatic rings. The molecule has 3 N–H and O–H groups in total. The van der Waals surface area contributed by atoms with E-state index in [-0.39, 0.29) is 11.9 Å². The summed E-state index contributed by atoms with van der Waals surface area (Å²) in [6, 6.07) is 6.93. The first kappa shape index (κ1) is 17.0. The predicted octanol–water partition coefficient (Wildman–Crippen LogP) is 2.68. The van der Waals surface area contributed by atoms with Crippen molar-refractivity contribution in [1.29, 1.82) is 5.26 Å². The van der Waals surface area contributed by atoms with Crippen LogP contribution in [0.15, 0.2) is 18.2 Å². The van der Waals surface area contributed by atoms with E-state index in [4.69, 9.17) is 10.4 Å². The molecule has 1 aromatic heterocycles. The fourth-order valence-electron chi connectivity index (χ4n) is 2.75. The summed E-state index contributed by atoms with van der Waals surface area (Å²) in [5.74, 6) is 0.273. The Morgan fingerprint density at radius 1 is 1.40 bits per heavy atom. The van der Waals surface area contributed by atoms with Crippen LogP contribution in [0.5, 0.6) is 0 Å². The first-order valence-corrected chi connectivity index (χ1v) is 8.70. The second-order valence-electron chi connectivity index (χ2n) is 5.86. The van der Waals surface area contributed by atoms with E-state index in [1.54, 1.807) is 18.2 Å². The highest BCUT2D eigenvalue weighted by Crippen LogP contribution is 2.26. The molecule has 3 rings (SSSR count). The lowest BCUT2D eigenvalue weighted by molar-refractivity contribution is 0.124. The van der Waals surface area contributed by atoms with E-state index in [1.165, 1.54) is 16.2 Å². The van der Waals surface area contributed by atoms with Crippen molar-refractivity contribution >= 4 is 38.8 Å². The highest BCUT2D eigenvalue weighted by Gasteiger charge is 2.22. The molecule has 3 amide bonds. The number of carbonyl (C=O) groups is 2. The minimum Gasteiger partial charge on any atom is -0.465 e. The van der Waals surface area contributed by atoms with Crippen LogP contribution in [0.2, 0.25) is 0 Å². The lowest BCUT2D eigenvalue weighted by Crippen LogP contribution is -2.41. The third kappa shape index (κ3) is 4.16. The van der Waals surface area contributed by atoms with E-state index >= 15 is 0 Å². The van der Waals surface area contributed by atoms with E-state index in [0.717, 1.165) is 23.1 Å². The van der Waals surface area contributed by atoms with Gasteiger partial charge in [0, 0.05) is 19.6 Å². The van der Waals surface area contributed by atoms with Crippen LogP contribution in [-0.4, -0.2) is 46.7 Å². The molecule has 25 heavy (non-hydrogen) atoms. The number of hydrogen-bond acceptors (Lipinski definition) is 5. The molecule has 0 aliphatic carbocycles. The molecule has 1 fully saturated rings. The number of carboxylic acid groups (broad SMARTS) is 1. The molecular weight excluding hydrogens is 342 g/mol. The van der Waals surface area contributed by atoms with Crippen molar-refractivity contribution < 1.29 is 14.7 Å². The van der Waals surface area contributed by atoms with Crippen molar-refractivity contribution in [1.82, 2.24) is 15.2 Å². The average molecular weight is 359 g/mol. The van der Waals surface area contributed by atoms with Gasteiger partial charge in [-0.15, -0.1) is 0 Å². The molecule has 2 heterocycles. The van der Waals surface area contributed by atoms with Gasteiger partial charge in [0.2, 0.25) is 0 Å². The Morgan fingerprint density at radius 2 is 2.16 bits per heavy atom. The summed E-state index contributed by atoms with van der Waals surface area (Å²) in [6.45, 7) is 1.51. The first-order chi connectivity index (χ1) is 12.0. The number of nitrogens with one attached hydrogen (secondary N) is 2. The fourth-order valence-corrected chi connectivity index (χ4v) is 3.65. The lowest BCUT2D eigenvalue weighted by Gasteiger charge is -2.29. The summed E-state index contributed by atoms with van der Waals surface area (Å²) in [4.78, 5) is 28.6. The van der Waals surface area contributed by atoms with Crippen molar-refractivity contribution in [2.45, 2.75) is 12.8 Å². The van der Waals surface area contributed by atoms with E-state index in [9.17, 15) is 9.59 Å².